The molecule has 2 aliphatic rings. The number of morpholine rings is 1. The lowest BCUT2D eigenvalue weighted by Crippen LogP contribution is -2.40. The fourth-order valence-electron chi connectivity index (χ4n) is 4.00. The molecule has 1 unspecified atom stereocenters. The number of ether oxygens (including phenoxy) is 2. The number of nitrogens with one attached hydrogen (secondary N) is 1. The first kappa shape index (κ1) is 22.8. The summed E-state index contributed by atoms with van der Waals surface area (Å²) in [6.45, 7) is 10.4. The molecular weight excluding hydrogens is 386 g/mol. The van der Waals surface area contributed by atoms with Gasteiger partial charge in [-0.25, -0.2) is 0 Å². The van der Waals surface area contributed by atoms with Crippen LogP contribution in [0.25, 0.3) is 0 Å². The van der Waals surface area contributed by atoms with Gasteiger partial charge in [0.15, 0.2) is 0 Å². The third-order valence-electron chi connectivity index (χ3n) is 5.69. The number of hydrogen-bond donors (Lipinski definition) is 1. The van der Waals surface area contributed by atoms with E-state index in [2.05, 4.69) is 10.2 Å². The first-order valence-electron chi connectivity index (χ1n) is 11.1. The standard InChI is InChI=1S/C22H35N3O5/c1-17-15-20(18(2)30-17)22(27)25(16-19-5-3-12-29-19)9-6-21(26)23-7-4-8-24-10-13-28-14-11-24/h15,19H,3-14,16H2,1-2H3,(H,23,26). The van der Waals surface area contributed by atoms with Gasteiger partial charge >= 0.3 is 0 Å². The largest absolute Gasteiger partial charge is 0.466 e. The summed E-state index contributed by atoms with van der Waals surface area (Å²) in [5, 5.41) is 2.98. The highest BCUT2D eigenvalue weighted by molar-refractivity contribution is 5.95. The predicted octanol–water partition coefficient (Wildman–Crippen LogP) is 1.75. The Balaban J connectivity index is 1.45. The third kappa shape index (κ3) is 6.82. The van der Waals surface area contributed by atoms with Gasteiger partial charge in [-0.15, -0.1) is 0 Å². The van der Waals surface area contributed by atoms with Crippen LogP contribution in [0, 0.1) is 13.8 Å². The maximum absolute atomic E-state index is 13.1. The third-order valence-corrected chi connectivity index (χ3v) is 5.69. The normalized spacial score (nSPS) is 19.7. The van der Waals surface area contributed by atoms with Crippen LogP contribution in [0.3, 0.4) is 0 Å². The highest BCUT2D eigenvalue weighted by atomic mass is 16.5. The van der Waals surface area contributed by atoms with E-state index in [0.29, 0.717) is 36.7 Å². The molecule has 30 heavy (non-hydrogen) atoms. The second-order valence-corrected chi connectivity index (χ2v) is 8.12. The van der Waals surface area contributed by atoms with Gasteiger partial charge in [-0.05, 0) is 45.7 Å². The molecule has 0 aliphatic carbocycles. The van der Waals surface area contributed by atoms with E-state index in [4.69, 9.17) is 13.9 Å². The molecule has 0 spiro atoms. The molecular formula is C22H35N3O5. The number of carbonyl (C=O) groups is 2. The minimum absolute atomic E-state index is 0.0257. The lowest BCUT2D eigenvalue weighted by molar-refractivity contribution is -0.121. The Morgan fingerprint density at radius 3 is 2.70 bits per heavy atom. The summed E-state index contributed by atoms with van der Waals surface area (Å²) in [7, 11) is 0. The van der Waals surface area contributed by atoms with Crippen LogP contribution in [0.5, 0.6) is 0 Å². The highest BCUT2D eigenvalue weighted by Gasteiger charge is 2.26. The predicted molar refractivity (Wildman–Crippen MR) is 113 cm³/mol. The van der Waals surface area contributed by atoms with Gasteiger partial charge in [0, 0.05) is 45.8 Å². The molecule has 1 aromatic heterocycles. The maximum atomic E-state index is 13.1. The zero-order valence-electron chi connectivity index (χ0n) is 18.3. The van der Waals surface area contributed by atoms with Gasteiger partial charge in [0.1, 0.15) is 11.5 Å². The number of rotatable bonds is 10. The monoisotopic (exact) mass is 421 g/mol. The average Bonchev–Trinajstić information content (AvgIpc) is 3.37. The van der Waals surface area contributed by atoms with Gasteiger partial charge in [0.2, 0.25) is 5.91 Å². The van der Waals surface area contributed by atoms with Crippen LogP contribution in [0.2, 0.25) is 0 Å². The van der Waals surface area contributed by atoms with E-state index < -0.39 is 0 Å². The lowest BCUT2D eigenvalue weighted by atomic mass is 10.1. The average molecular weight is 422 g/mol. The fourth-order valence-corrected chi connectivity index (χ4v) is 4.00. The van der Waals surface area contributed by atoms with Crippen LogP contribution in [0.4, 0.5) is 0 Å². The van der Waals surface area contributed by atoms with Gasteiger partial charge in [-0.3, -0.25) is 14.5 Å². The second kappa shape index (κ2) is 11.5. The Hall–Kier alpha value is -1.90. The van der Waals surface area contributed by atoms with E-state index in [1.165, 1.54) is 0 Å². The molecule has 3 rings (SSSR count). The summed E-state index contributed by atoms with van der Waals surface area (Å²) in [4.78, 5) is 29.5. The van der Waals surface area contributed by atoms with Crippen LogP contribution in [0.1, 0.15) is 47.6 Å². The SMILES string of the molecule is Cc1cc(C(=O)N(CCC(=O)NCCCN2CCOCC2)CC2CCCO2)c(C)o1. The molecule has 2 aliphatic heterocycles. The minimum Gasteiger partial charge on any atom is -0.466 e. The van der Waals surface area contributed by atoms with Gasteiger partial charge in [0.25, 0.3) is 5.91 Å². The Labute approximate surface area is 178 Å². The zero-order chi connectivity index (χ0) is 21.3. The van der Waals surface area contributed by atoms with Crippen LogP contribution in [-0.2, 0) is 14.3 Å². The summed E-state index contributed by atoms with van der Waals surface area (Å²) < 4.78 is 16.6. The molecule has 1 atom stereocenters. The Kier molecular flexibility index (Phi) is 8.72. The fraction of sp³-hybridized carbons (Fsp3) is 0.727. The van der Waals surface area contributed by atoms with Crippen molar-refractivity contribution in [3.8, 4) is 0 Å². The molecule has 0 saturated carbocycles. The van der Waals surface area contributed by atoms with Crippen LogP contribution in [-0.4, -0.2) is 86.8 Å². The van der Waals surface area contributed by atoms with E-state index in [-0.39, 0.29) is 24.3 Å². The van der Waals surface area contributed by atoms with Crippen LogP contribution >= 0.6 is 0 Å². The molecule has 1 N–H and O–H groups in total. The Morgan fingerprint density at radius 1 is 1.23 bits per heavy atom. The Bertz CT molecular complexity index is 693. The molecule has 8 heteroatoms. The summed E-state index contributed by atoms with van der Waals surface area (Å²) in [6.07, 6.45) is 3.20. The van der Waals surface area contributed by atoms with Crippen molar-refractivity contribution in [2.45, 2.75) is 45.6 Å². The summed E-state index contributed by atoms with van der Waals surface area (Å²) in [6, 6.07) is 1.77. The summed E-state index contributed by atoms with van der Waals surface area (Å²) in [5.74, 6) is 1.20. The van der Waals surface area contributed by atoms with Crippen molar-refractivity contribution in [1.82, 2.24) is 15.1 Å². The van der Waals surface area contributed by atoms with Crippen LogP contribution in [0.15, 0.2) is 10.5 Å². The van der Waals surface area contributed by atoms with E-state index >= 15 is 0 Å². The number of nitrogens with zero attached hydrogens (tertiary/aromatic N) is 2. The molecule has 0 radical (unpaired) electrons. The van der Waals surface area contributed by atoms with Crippen molar-refractivity contribution >= 4 is 11.8 Å². The molecule has 1 aromatic rings. The smallest absolute Gasteiger partial charge is 0.257 e. The van der Waals surface area contributed by atoms with Crippen molar-refractivity contribution in [2.24, 2.45) is 0 Å². The first-order valence-corrected chi connectivity index (χ1v) is 11.1. The molecule has 8 nitrogen and oxygen atoms in total. The van der Waals surface area contributed by atoms with Gasteiger partial charge < -0.3 is 24.1 Å². The van der Waals surface area contributed by atoms with E-state index in [1.807, 2.05) is 6.92 Å². The van der Waals surface area contributed by atoms with E-state index in [1.54, 1.807) is 17.9 Å². The van der Waals surface area contributed by atoms with Gasteiger partial charge in [-0.2, -0.15) is 0 Å². The molecule has 2 fully saturated rings. The molecule has 2 amide bonds. The van der Waals surface area contributed by atoms with E-state index in [0.717, 1.165) is 58.7 Å². The topological polar surface area (TPSA) is 84.3 Å². The zero-order valence-corrected chi connectivity index (χ0v) is 18.3. The maximum Gasteiger partial charge on any atom is 0.257 e. The lowest BCUT2D eigenvalue weighted by Gasteiger charge is -2.26. The van der Waals surface area contributed by atoms with Crippen molar-refractivity contribution in [2.75, 3.05) is 59.1 Å². The number of hydrogen-bond acceptors (Lipinski definition) is 6. The number of amides is 2. The van der Waals surface area contributed by atoms with Gasteiger partial charge in [-0.1, -0.05) is 0 Å². The van der Waals surface area contributed by atoms with Gasteiger partial charge in [0.05, 0.1) is 24.9 Å². The number of carbonyl (C=O) groups excluding carboxylic acids is 2. The molecule has 3 heterocycles. The van der Waals surface area contributed by atoms with Crippen molar-refractivity contribution in [1.29, 1.82) is 0 Å². The van der Waals surface area contributed by atoms with Crippen LogP contribution < -0.4 is 5.32 Å². The second-order valence-electron chi connectivity index (χ2n) is 8.12. The van der Waals surface area contributed by atoms with Crippen molar-refractivity contribution < 1.29 is 23.5 Å². The highest BCUT2D eigenvalue weighted by Crippen LogP contribution is 2.19. The molecule has 0 bridgehead atoms. The first-order chi connectivity index (χ1) is 14.5. The molecule has 168 valence electrons. The Morgan fingerprint density at radius 2 is 2.03 bits per heavy atom. The minimum atomic E-state index is -0.0973. The number of aryl methyl sites for hydroxylation is 2. The van der Waals surface area contributed by atoms with E-state index in [9.17, 15) is 9.59 Å². The summed E-state index contributed by atoms with van der Waals surface area (Å²) >= 11 is 0. The molecule has 0 aromatic carbocycles. The van der Waals surface area contributed by atoms with Crippen molar-refractivity contribution in [3.05, 3.63) is 23.2 Å². The van der Waals surface area contributed by atoms with Crippen molar-refractivity contribution in [3.63, 3.8) is 0 Å². The summed E-state index contributed by atoms with van der Waals surface area (Å²) in [5.41, 5.74) is 0.566. The number of furan rings is 1. The quantitative estimate of drug-likeness (QED) is 0.580. The molecule has 2 saturated heterocycles.